The van der Waals surface area contributed by atoms with Crippen molar-refractivity contribution < 1.29 is 14.0 Å². The highest BCUT2D eigenvalue weighted by Crippen LogP contribution is 2.46. The standard InChI is InChI=1S/C27H23N3O4/c1-14(2)29-11-17-23(18-13-34-22-10-5-4-7-16(22)26(18)32)25-20(12-30(15(3)31)27(25)33)28-19-8-6-9-21(29)24(17)19/h4-11,13-14,23,28H,12H2,1-3H3/t23-/m0/s1. The van der Waals surface area contributed by atoms with Gasteiger partial charge in [0.1, 0.15) is 5.58 Å². The summed E-state index contributed by atoms with van der Waals surface area (Å²) in [5, 5.41) is 4.85. The molecule has 170 valence electrons. The summed E-state index contributed by atoms with van der Waals surface area (Å²) in [6.07, 6.45) is 3.50. The molecule has 7 nitrogen and oxygen atoms in total. The van der Waals surface area contributed by atoms with E-state index in [4.69, 9.17) is 4.42 Å². The van der Waals surface area contributed by atoms with Crippen LogP contribution < -0.4 is 10.7 Å². The van der Waals surface area contributed by atoms with Crippen LogP contribution in [0.2, 0.25) is 0 Å². The van der Waals surface area contributed by atoms with Gasteiger partial charge >= 0.3 is 0 Å². The van der Waals surface area contributed by atoms with Crippen molar-refractivity contribution in [3.63, 3.8) is 0 Å². The molecule has 0 saturated carbocycles. The second-order valence-corrected chi connectivity index (χ2v) is 9.16. The Hall–Kier alpha value is -4.13. The zero-order chi connectivity index (χ0) is 23.7. The Morgan fingerprint density at radius 3 is 2.65 bits per heavy atom. The summed E-state index contributed by atoms with van der Waals surface area (Å²) in [7, 11) is 0. The summed E-state index contributed by atoms with van der Waals surface area (Å²) in [5.74, 6) is -1.39. The van der Waals surface area contributed by atoms with Gasteiger partial charge in [0, 0.05) is 41.5 Å². The lowest BCUT2D eigenvalue weighted by Gasteiger charge is -2.19. The van der Waals surface area contributed by atoms with Gasteiger partial charge in [-0.15, -0.1) is 0 Å². The number of benzene rings is 2. The van der Waals surface area contributed by atoms with Crippen molar-refractivity contribution in [3.8, 4) is 0 Å². The molecule has 0 bridgehead atoms. The van der Waals surface area contributed by atoms with Crippen molar-refractivity contribution in [2.24, 2.45) is 0 Å². The van der Waals surface area contributed by atoms with E-state index in [1.807, 2.05) is 30.5 Å². The summed E-state index contributed by atoms with van der Waals surface area (Å²) in [6.45, 7) is 5.71. The first-order valence-corrected chi connectivity index (χ1v) is 11.3. The number of aromatic nitrogens is 1. The van der Waals surface area contributed by atoms with E-state index in [1.54, 1.807) is 18.2 Å². The molecule has 0 saturated heterocycles. The van der Waals surface area contributed by atoms with Gasteiger partial charge in [-0.25, -0.2) is 0 Å². The summed E-state index contributed by atoms with van der Waals surface area (Å²) in [4.78, 5) is 40.8. The molecule has 1 atom stereocenters. The number of hydrogen-bond donors (Lipinski definition) is 1. The fraction of sp³-hybridized carbons (Fsp3) is 0.222. The van der Waals surface area contributed by atoms with Crippen LogP contribution in [0.3, 0.4) is 0 Å². The van der Waals surface area contributed by atoms with Crippen LogP contribution in [-0.4, -0.2) is 27.8 Å². The van der Waals surface area contributed by atoms with E-state index in [0.717, 1.165) is 22.2 Å². The first-order chi connectivity index (χ1) is 16.4. The molecule has 2 aliphatic heterocycles. The molecular formula is C27H23N3O4. The molecule has 2 aliphatic rings. The molecule has 2 aromatic heterocycles. The largest absolute Gasteiger partial charge is 0.464 e. The van der Waals surface area contributed by atoms with Crippen molar-refractivity contribution in [3.05, 3.63) is 87.5 Å². The van der Waals surface area contributed by atoms with Gasteiger partial charge in [-0.2, -0.15) is 0 Å². The minimum absolute atomic E-state index is 0.143. The van der Waals surface area contributed by atoms with Gasteiger partial charge in [0.2, 0.25) is 5.91 Å². The molecule has 4 heterocycles. The van der Waals surface area contributed by atoms with E-state index in [0.29, 0.717) is 27.8 Å². The summed E-state index contributed by atoms with van der Waals surface area (Å²) >= 11 is 0. The highest BCUT2D eigenvalue weighted by atomic mass is 16.3. The maximum Gasteiger partial charge on any atom is 0.259 e. The van der Waals surface area contributed by atoms with Gasteiger partial charge in [-0.1, -0.05) is 18.2 Å². The van der Waals surface area contributed by atoms with Crippen LogP contribution in [0.25, 0.3) is 21.9 Å². The van der Waals surface area contributed by atoms with Gasteiger partial charge in [-0.05, 0) is 43.7 Å². The van der Waals surface area contributed by atoms with Crippen LogP contribution in [0.1, 0.15) is 43.9 Å². The van der Waals surface area contributed by atoms with Gasteiger partial charge in [0.15, 0.2) is 5.43 Å². The monoisotopic (exact) mass is 453 g/mol. The number of hydrogen-bond acceptors (Lipinski definition) is 5. The minimum Gasteiger partial charge on any atom is -0.464 e. The summed E-state index contributed by atoms with van der Waals surface area (Å²) in [6, 6.07) is 13.2. The highest BCUT2D eigenvalue weighted by molar-refractivity contribution is 6.11. The second-order valence-electron chi connectivity index (χ2n) is 9.16. The van der Waals surface area contributed by atoms with E-state index in [-0.39, 0.29) is 29.8 Å². The van der Waals surface area contributed by atoms with Crippen LogP contribution in [0.4, 0.5) is 5.69 Å². The third-order valence-corrected chi connectivity index (χ3v) is 6.84. The first kappa shape index (κ1) is 20.5. The Morgan fingerprint density at radius 2 is 1.88 bits per heavy atom. The minimum atomic E-state index is -0.675. The van der Waals surface area contributed by atoms with Gasteiger partial charge in [0.05, 0.1) is 35.2 Å². The highest BCUT2D eigenvalue weighted by Gasteiger charge is 2.42. The molecule has 6 rings (SSSR count). The Labute approximate surface area is 195 Å². The molecule has 0 unspecified atom stereocenters. The number of fused-ring (bicyclic) bond motifs is 1. The molecule has 4 aromatic rings. The predicted octanol–water partition coefficient (Wildman–Crippen LogP) is 4.53. The number of nitrogens with zero attached hydrogens (tertiary/aromatic N) is 2. The number of anilines is 1. The van der Waals surface area contributed by atoms with E-state index in [2.05, 4.69) is 23.7 Å². The zero-order valence-corrected chi connectivity index (χ0v) is 19.1. The van der Waals surface area contributed by atoms with E-state index in [9.17, 15) is 14.4 Å². The van der Waals surface area contributed by atoms with E-state index in [1.165, 1.54) is 18.1 Å². The fourth-order valence-electron chi connectivity index (χ4n) is 5.27. The van der Waals surface area contributed by atoms with Crippen LogP contribution in [0.5, 0.6) is 0 Å². The molecule has 0 spiro atoms. The molecule has 0 fully saturated rings. The Bertz CT molecular complexity index is 1620. The number of rotatable bonds is 2. The smallest absolute Gasteiger partial charge is 0.259 e. The number of nitrogens with one attached hydrogen (secondary N) is 1. The fourth-order valence-corrected chi connectivity index (χ4v) is 5.27. The lowest BCUT2D eigenvalue weighted by Crippen LogP contribution is -2.33. The quantitative estimate of drug-likeness (QED) is 0.482. The third kappa shape index (κ3) is 2.73. The van der Waals surface area contributed by atoms with Crippen LogP contribution in [-0.2, 0) is 9.59 Å². The normalized spacial score (nSPS) is 17.5. The number of para-hydroxylation sites is 1. The summed E-state index contributed by atoms with van der Waals surface area (Å²) < 4.78 is 8.02. The zero-order valence-electron chi connectivity index (χ0n) is 19.1. The Balaban J connectivity index is 1.71. The number of carbonyl (C=O) groups excluding carboxylic acids is 2. The Kier molecular flexibility index (Phi) is 4.33. The SMILES string of the molecule is CC(=O)N1CC2=C(C1=O)[C@H](c1coc3ccccc3c1=O)c1cn(C(C)C)c3cccc(c13)N2. The van der Waals surface area contributed by atoms with Crippen molar-refractivity contribution in [2.45, 2.75) is 32.7 Å². The Morgan fingerprint density at radius 1 is 1.09 bits per heavy atom. The van der Waals surface area contributed by atoms with E-state index < -0.39 is 5.92 Å². The maximum atomic E-state index is 13.7. The molecule has 7 heteroatoms. The maximum absolute atomic E-state index is 13.7. The number of carbonyl (C=O) groups is 2. The van der Waals surface area contributed by atoms with Crippen LogP contribution >= 0.6 is 0 Å². The van der Waals surface area contributed by atoms with E-state index >= 15 is 0 Å². The predicted molar refractivity (Wildman–Crippen MR) is 130 cm³/mol. The number of amides is 2. The molecule has 1 N–H and O–H groups in total. The lowest BCUT2D eigenvalue weighted by atomic mass is 9.84. The molecule has 2 amide bonds. The molecule has 0 radical (unpaired) electrons. The van der Waals surface area contributed by atoms with Crippen LogP contribution in [0.15, 0.2) is 75.4 Å². The van der Waals surface area contributed by atoms with Crippen molar-refractivity contribution in [2.75, 3.05) is 11.9 Å². The first-order valence-electron chi connectivity index (χ1n) is 11.3. The average Bonchev–Trinajstić information content (AvgIpc) is 3.31. The lowest BCUT2D eigenvalue weighted by molar-refractivity contribution is -0.139. The van der Waals surface area contributed by atoms with Gasteiger partial charge in [-0.3, -0.25) is 19.3 Å². The van der Waals surface area contributed by atoms with Crippen molar-refractivity contribution >= 4 is 39.4 Å². The molecule has 2 aromatic carbocycles. The van der Waals surface area contributed by atoms with Crippen molar-refractivity contribution in [1.82, 2.24) is 9.47 Å². The van der Waals surface area contributed by atoms with Gasteiger partial charge in [0.25, 0.3) is 5.91 Å². The second kappa shape index (κ2) is 7.18. The number of imide groups is 1. The molecule has 0 aliphatic carbocycles. The van der Waals surface area contributed by atoms with Gasteiger partial charge < -0.3 is 14.3 Å². The third-order valence-electron chi connectivity index (χ3n) is 6.84. The van der Waals surface area contributed by atoms with Crippen molar-refractivity contribution in [1.29, 1.82) is 0 Å². The summed E-state index contributed by atoms with van der Waals surface area (Å²) in [5.41, 5.74) is 4.45. The van der Waals surface area contributed by atoms with Crippen LogP contribution in [0, 0.1) is 0 Å². The average molecular weight is 453 g/mol. The molecule has 34 heavy (non-hydrogen) atoms. The topological polar surface area (TPSA) is 84.6 Å². The molecular weight excluding hydrogens is 430 g/mol.